The van der Waals surface area contributed by atoms with Gasteiger partial charge in [0.1, 0.15) is 11.9 Å². The third kappa shape index (κ3) is 5.26. The number of amides is 1. The zero-order valence-electron chi connectivity index (χ0n) is 11.6. The molecule has 106 valence electrons. The van der Waals surface area contributed by atoms with Crippen molar-refractivity contribution in [1.29, 1.82) is 0 Å². The summed E-state index contributed by atoms with van der Waals surface area (Å²) >= 11 is 0. The van der Waals surface area contributed by atoms with Crippen LogP contribution in [0.3, 0.4) is 0 Å². The second-order valence-corrected chi connectivity index (χ2v) is 4.46. The number of anilines is 1. The molecule has 19 heavy (non-hydrogen) atoms. The highest BCUT2D eigenvalue weighted by atomic mass is 19.1. The molecule has 1 aromatic rings. The number of carbonyl (C=O) groups is 1. The van der Waals surface area contributed by atoms with E-state index in [0.717, 1.165) is 12.0 Å². The van der Waals surface area contributed by atoms with E-state index in [0.29, 0.717) is 18.8 Å². The normalized spacial score (nSPS) is 12.0. The highest BCUT2D eigenvalue weighted by molar-refractivity contribution is 5.84. The summed E-state index contributed by atoms with van der Waals surface area (Å²) in [5.74, 6) is -0.430. The van der Waals surface area contributed by atoms with Crippen LogP contribution in [0, 0.1) is 12.7 Å². The molecule has 0 aliphatic heterocycles. The van der Waals surface area contributed by atoms with Gasteiger partial charge in [-0.2, -0.15) is 0 Å². The molecule has 1 unspecified atom stereocenters. The molecule has 1 aromatic carbocycles. The lowest BCUT2D eigenvalue weighted by Gasteiger charge is -2.16. The first-order chi connectivity index (χ1) is 9.04. The number of carbonyl (C=O) groups excluding carboxylic acids is 1. The summed E-state index contributed by atoms with van der Waals surface area (Å²) in [7, 11) is 1.62. The number of methoxy groups -OCH3 is 1. The Balaban J connectivity index is 2.47. The molecule has 5 heteroatoms. The van der Waals surface area contributed by atoms with E-state index in [1.54, 1.807) is 20.1 Å². The molecule has 0 saturated heterocycles. The Hall–Kier alpha value is -1.62. The van der Waals surface area contributed by atoms with Gasteiger partial charge in [-0.05, 0) is 38.0 Å². The van der Waals surface area contributed by atoms with Crippen LogP contribution in [0.5, 0.6) is 0 Å². The van der Waals surface area contributed by atoms with E-state index in [4.69, 9.17) is 4.74 Å². The first-order valence-corrected chi connectivity index (χ1v) is 6.34. The molecule has 1 amide bonds. The van der Waals surface area contributed by atoms with Crippen LogP contribution in [0.1, 0.15) is 18.9 Å². The molecule has 0 saturated carbocycles. The van der Waals surface area contributed by atoms with Crippen molar-refractivity contribution < 1.29 is 13.9 Å². The number of benzene rings is 1. The summed E-state index contributed by atoms with van der Waals surface area (Å²) in [6.45, 7) is 4.80. The molecule has 0 aromatic heterocycles. The third-order valence-electron chi connectivity index (χ3n) is 2.79. The maximum absolute atomic E-state index is 13.1. The molecule has 4 nitrogen and oxygen atoms in total. The number of ether oxygens (including phenoxy) is 1. The van der Waals surface area contributed by atoms with Crippen molar-refractivity contribution in [3.8, 4) is 0 Å². The lowest BCUT2D eigenvalue weighted by atomic mass is 10.1. The van der Waals surface area contributed by atoms with Gasteiger partial charge in [-0.25, -0.2) is 4.39 Å². The predicted octanol–water partition coefficient (Wildman–Crippen LogP) is 2.09. The van der Waals surface area contributed by atoms with E-state index >= 15 is 0 Å². The Labute approximate surface area is 113 Å². The Kier molecular flexibility index (Phi) is 6.29. The monoisotopic (exact) mass is 268 g/mol. The molecule has 0 bridgehead atoms. The Morgan fingerprint density at radius 3 is 2.89 bits per heavy atom. The van der Waals surface area contributed by atoms with Gasteiger partial charge in [-0.1, -0.05) is 6.07 Å². The van der Waals surface area contributed by atoms with Gasteiger partial charge in [0.2, 0.25) is 5.91 Å². The van der Waals surface area contributed by atoms with Crippen molar-refractivity contribution >= 4 is 11.6 Å². The van der Waals surface area contributed by atoms with Gasteiger partial charge < -0.3 is 15.4 Å². The zero-order valence-corrected chi connectivity index (χ0v) is 11.6. The van der Waals surface area contributed by atoms with E-state index in [9.17, 15) is 9.18 Å². The molecule has 0 spiro atoms. The third-order valence-corrected chi connectivity index (χ3v) is 2.79. The topological polar surface area (TPSA) is 50.4 Å². The van der Waals surface area contributed by atoms with Crippen molar-refractivity contribution in [2.24, 2.45) is 0 Å². The fraction of sp³-hybridized carbons (Fsp3) is 0.500. The molecule has 0 aliphatic carbocycles. The highest BCUT2D eigenvalue weighted by Crippen LogP contribution is 2.16. The van der Waals surface area contributed by atoms with Gasteiger partial charge in [0, 0.05) is 25.9 Å². The maximum atomic E-state index is 13.1. The molecular formula is C14H21FN2O2. The molecule has 0 heterocycles. The van der Waals surface area contributed by atoms with Crippen molar-refractivity contribution in [2.45, 2.75) is 26.3 Å². The summed E-state index contributed by atoms with van der Waals surface area (Å²) in [6, 6.07) is 4.06. The SMILES string of the molecule is COCCCNC(=O)C(C)Nc1cc(F)ccc1C. The summed E-state index contributed by atoms with van der Waals surface area (Å²) in [6.07, 6.45) is 0.772. The van der Waals surface area contributed by atoms with Crippen molar-refractivity contribution in [3.63, 3.8) is 0 Å². The molecule has 2 N–H and O–H groups in total. The number of nitrogens with one attached hydrogen (secondary N) is 2. The van der Waals surface area contributed by atoms with Crippen LogP contribution in [0.2, 0.25) is 0 Å². The Bertz CT molecular complexity index is 424. The first kappa shape index (κ1) is 15.4. The van der Waals surface area contributed by atoms with E-state index in [-0.39, 0.29) is 11.7 Å². The minimum atomic E-state index is -0.414. The van der Waals surface area contributed by atoms with Crippen molar-refractivity contribution in [2.75, 3.05) is 25.6 Å². The number of halogens is 1. The molecule has 1 rings (SSSR count). The number of aryl methyl sites for hydroxylation is 1. The predicted molar refractivity (Wildman–Crippen MR) is 73.7 cm³/mol. The summed E-state index contributed by atoms with van der Waals surface area (Å²) in [4.78, 5) is 11.8. The average Bonchev–Trinajstić information content (AvgIpc) is 2.38. The summed E-state index contributed by atoms with van der Waals surface area (Å²) < 4.78 is 18.0. The van der Waals surface area contributed by atoms with Crippen LogP contribution < -0.4 is 10.6 Å². The average molecular weight is 268 g/mol. The zero-order chi connectivity index (χ0) is 14.3. The fourth-order valence-electron chi connectivity index (χ4n) is 1.63. The summed E-state index contributed by atoms with van der Waals surface area (Å²) in [5.41, 5.74) is 1.54. The van der Waals surface area contributed by atoms with Crippen LogP contribution in [0.25, 0.3) is 0 Å². The Morgan fingerprint density at radius 2 is 2.21 bits per heavy atom. The molecular weight excluding hydrogens is 247 g/mol. The van der Waals surface area contributed by atoms with Crippen molar-refractivity contribution in [3.05, 3.63) is 29.6 Å². The van der Waals surface area contributed by atoms with E-state index in [1.165, 1.54) is 12.1 Å². The second-order valence-electron chi connectivity index (χ2n) is 4.46. The van der Waals surface area contributed by atoms with Crippen LogP contribution in [-0.2, 0) is 9.53 Å². The molecule has 0 radical (unpaired) electrons. The van der Waals surface area contributed by atoms with Gasteiger partial charge in [-0.15, -0.1) is 0 Å². The van der Waals surface area contributed by atoms with Gasteiger partial charge in [0.05, 0.1) is 0 Å². The largest absolute Gasteiger partial charge is 0.385 e. The van der Waals surface area contributed by atoms with E-state index < -0.39 is 6.04 Å². The second kappa shape index (κ2) is 7.74. The quantitative estimate of drug-likeness (QED) is 0.744. The minimum Gasteiger partial charge on any atom is -0.385 e. The fourth-order valence-corrected chi connectivity index (χ4v) is 1.63. The first-order valence-electron chi connectivity index (χ1n) is 6.34. The van der Waals surface area contributed by atoms with Gasteiger partial charge >= 0.3 is 0 Å². The van der Waals surface area contributed by atoms with Gasteiger partial charge in [0.25, 0.3) is 0 Å². The van der Waals surface area contributed by atoms with E-state index in [1.807, 2.05) is 6.92 Å². The van der Waals surface area contributed by atoms with Crippen LogP contribution in [0.15, 0.2) is 18.2 Å². The van der Waals surface area contributed by atoms with Crippen LogP contribution >= 0.6 is 0 Å². The molecule has 1 atom stereocenters. The lowest BCUT2D eigenvalue weighted by Crippen LogP contribution is -2.38. The summed E-state index contributed by atoms with van der Waals surface area (Å²) in [5, 5.41) is 5.80. The minimum absolute atomic E-state index is 0.111. The maximum Gasteiger partial charge on any atom is 0.242 e. The standard InChI is InChI=1S/C14H21FN2O2/c1-10-5-6-12(15)9-13(10)17-11(2)14(18)16-7-4-8-19-3/h5-6,9,11,17H,4,7-8H2,1-3H3,(H,16,18). The van der Waals surface area contributed by atoms with Crippen molar-refractivity contribution in [1.82, 2.24) is 5.32 Å². The highest BCUT2D eigenvalue weighted by Gasteiger charge is 2.13. The van der Waals surface area contributed by atoms with Crippen LogP contribution in [-0.4, -0.2) is 32.2 Å². The van der Waals surface area contributed by atoms with Gasteiger partial charge in [0.15, 0.2) is 0 Å². The smallest absolute Gasteiger partial charge is 0.242 e. The number of hydrogen-bond donors (Lipinski definition) is 2. The van der Waals surface area contributed by atoms with Gasteiger partial charge in [-0.3, -0.25) is 4.79 Å². The van der Waals surface area contributed by atoms with E-state index in [2.05, 4.69) is 10.6 Å². The lowest BCUT2D eigenvalue weighted by molar-refractivity contribution is -0.121. The number of hydrogen-bond acceptors (Lipinski definition) is 3. The number of rotatable bonds is 7. The van der Waals surface area contributed by atoms with Crippen LogP contribution in [0.4, 0.5) is 10.1 Å². The Morgan fingerprint density at radius 1 is 1.47 bits per heavy atom. The molecule has 0 fully saturated rings. The molecule has 0 aliphatic rings.